The number of ketones is 3. The van der Waals surface area contributed by atoms with Gasteiger partial charge in [-0.05, 0) is 67.1 Å². The van der Waals surface area contributed by atoms with Gasteiger partial charge in [0.1, 0.15) is 11.6 Å². The molecule has 0 radical (unpaired) electrons. The Bertz CT molecular complexity index is 1170. The number of carbonyl (C=O) groups is 3. The summed E-state index contributed by atoms with van der Waals surface area (Å²) in [6.45, 7) is 10.4. The van der Waals surface area contributed by atoms with E-state index in [0.717, 1.165) is 47.9 Å². The second-order valence-corrected chi connectivity index (χ2v) is 13.7. The molecule has 0 aliphatic heterocycles. The second-order valence-electron chi connectivity index (χ2n) is 13.7. The largest absolute Gasteiger partial charge is 0.299 e. The van der Waals surface area contributed by atoms with Crippen LogP contribution in [-0.4, -0.2) is 17.3 Å². The zero-order chi connectivity index (χ0) is 28.9. The van der Waals surface area contributed by atoms with Gasteiger partial charge in [0.15, 0.2) is 5.78 Å². The number of rotatable bonds is 11. The van der Waals surface area contributed by atoms with Crippen LogP contribution in [-0.2, 0) is 16.0 Å². The number of hydrogen-bond acceptors (Lipinski definition) is 3. The molecule has 2 aliphatic rings. The van der Waals surface area contributed by atoms with Crippen molar-refractivity contribution in [2.75, 3.05) is 0 Å². The van der Waals surface area contributed by atoms with Crippen LogP contribution >= 0.6 is 0 Å². The first-order valence-electron chi connectivity index (χ1n) is 15.8. The van der Waals surface area contributed by atoms with Crippen molar-refractivity contribution in [3.05, 3.63) is 70.8 Å². The molecule has 3 nitrogen and oxygen atoms in total. The summed E-state index contributed by atoms with van der Waals surface area (Å²) in [5.74, 6) is 0.237. The average molecular weight is 543 g/mol. The molecule has 0 heterocycles. The zero-order valence-corrected chi connectivity index (χ0v) is 25.5. The highest BCUT2D eigenvalue weighted by atomic mass is 16.1. The van der Waals surface area contributed by atoms with E-state index in [2.05, 4.69) is 26.0 Å². The van der Waals surface area contributed by atoms with Crippen LogP contribution in [0.15, 0.2) is 48.5 Å². The maximum Gasteiger partial charge on any atom is 0.163 e. The molecule has 2 saturated carbocycles. The van der Waals surface area contributed by atoms with E-state index in [0.29, 0.717) is 31.0 Å². The van der Waals surface area contributed by atoms with Gasteiger partial charge in [-0.15, -0.1) is 0 Å². The van der Waals surface area contributed by atoms with E-state index < -0.39 is 0 Å². The van der Waals surface area contributed by atoms with Gasteiger partial charge >= 0.3 is 0 Å². The van der Waals surface area contributed by atoms with Gasteiger partial charge in [0, 0.05) is 36.2 Å². The van der Waals surface area contributed by atoms with Gasteiger partial charge < -0.3 is 0 Å². The standard InChI is InChI=1S/C37H50O3/c1-25-14-13-19-31(26(25)2)33(38)24-30(22-28-15-11-8-12-16-28)27(3)36(40)32-20-21-37(4,5)35(32)34(39)23-29-17-9-6-7-10-18-29/h8,11-16,19,27,29-30,32,35H,6-7,9-10,17-18,20-24H2,1-5H3. The fourth-order valence-corrected chi connectivity index (χ4v) is 7.65. The average Bonchev–Trinajstić information content (AvgIpc) is 3.07. The van der Waals surface area contributed by atoms with Gasteiger partial charge in [-0.3, -0.25) is 14.4 Å². The minimum atomic E-state index is -0.290. The molecule has 0 aromatic heterocycles. The number of benzene rings is 2. The minimum absolute atomic E-state index is 0.106. The van der Waals surface area contributed by atoms with Crippen molar-refractivity contribution >= 4 is 17.3 Å². The van der Waals surface area contributed by atoms with Crippen molar-refractivity contribution < 1.29 is 14.4 Å². The molecule has 2 aromatic rings. The molecule has 4 unspecified atom stereocenters. The number of hydrogen-bond donors (Lipinski definition) is 0. The highest BCUT2D eigenvalue weighted by Crippen LogP contribution is 2.50. The van der Waals surface area contributed by atoms with Crippen molar-refractivity contribution in [3.63, 3.8) is 0 Å². The maximum atomic E-state index is 14.3. The van der Waals surface area contributed by atoms with Crippen LogP contribution in [0.25, 0.3) is 0 Å². The molecule has 2 fully saturated rings. The molecule has 0 spiro atoms. The molecule has 4 atom stereocenters. The molecule has 0 N–H and O–H groups in total. The van der Waals surface area contributed by atoms with Crippen LogP contribution in [0.5, 0.6) is 0 Å². The van der Waals surface area contributed by atoms with Crippen LogP contribution in [0.4, 0.5) is 0 Å². The predicted octanol–water partition coefficient (Wildman–Crippen LogP) is 8.92. The van der Waals surface area contributed by atoms with Crippen LogP contribution in [0.3, 0.4) is 0 Å². The monoisotopic (exact) mass is 542 g/mol. The fraction of sp³-hybridized carbons (Fsp3) is 0.595. The Hall–Kier alpha value is -2.55. The summed E-state index contributed by atoms with van der Waals surface area (Å²) in [5, 5.41) is 0. The van der Waals surface area contributed by atoms with Gasteiger partial charge in [0.2, 0.25) is 0 Å². The maximum absolute atomic E-state index is 14.3. The van der Waals surface area contributed by atoms with E-state index in [1.54, 1.807) is 0 Å². The summed E-state index contributed by atoms with van der Waals surface area (Å²) in [4.78, 5) is 41.8. The Morgan fingerprint density at radius 1 is 0.875 bits per heavy atom. The summed E-state index contributed by atoms with van der Waals surface area (Å²) >= 11 is 0. The summed E-state index contributed by atoms with van der Waals surface area (Å²) < 4.78 is 0. The smallest absolute Gasteiger partial charge is 0.163 e. The molecule has 216 valence electrons. The van der Waals surface area contributed by atoms with Crippen LogP contribution in [0.2, 0.25) is 0 Å². The summed E-state index contributed by atoms with van der Waals surface area (Å²) in [5.41, 5.74) is 3.87. The molecule has 0 bridgehead atoms. The van der Waals surface area contributed by atoms with Crippen LogP contribution in [0, 0.1) is 48.9 Å². The Morgan fingerprint density at radius 2 is 1.55 bits per heavy atom. The lowest BCUT2D eigenvalue weighted by Crippen LogP contribution is -2.38. The lowest BCUT2D eigenvalue weighted by molar-refractivity contribution is -0.137. The van der Waals surface area contributed by atoms with E-state index in [1.165, 1.54) is 25.7 Å². The minimum Gasteiger partial charge on any atom is -0.299 e. The number of Topliss-reactive ketones (excluding diaryl/α,β-unsaturated/α-hetero) is 3. The van der Waals surface area contributed by atoms with Gasteiger partial charge in [-0.1, -0.05) is 108 Å². The molecule has 3 heteroatoms. The quantitative estimate of drug-likeness (QED) is 0.210. The van der Waals surface area contributed by atoms with E-state index in [1.807, 2.05) is 57.2 Å². The molecule has 0 saturated heterocycles. The van der Waals surface area contributed by atoms with Crippen LogP contribution < -0.4 is 0 Å². The molecule has 0 amide bonds. The molecular formula is C37H50O3. The first-order chi connectivity index (χ1) is 19.1. The van der Waals surface area contributed by atoms with E-state index in [9.17, 15) is 14.4 Å². The normalized spacial score (nSPS) is 22.8. The van der Waals surface area contributed by atoms with Crippen molar-refractivity contribution in [1.82, 2.24) is 0 Å². The topological polar surface area (TPSA) is 51.2 Å². The van der Waals surface area contributed by atoms with Gasteiger partial charge in [-0.25, -0.2) is 0 Å². The SMILES string of the molecule is Cc1cccc(C(=O)CC(Cc2ccccc2)C(C)C(=O)C2CCC(C)(C)C2C(=O)CC2CCCCCC2)c1C. The lowest BCUT2D eigenvalue weighted by Gasteiger charge is -2.32. The third-order valence-corrected chi connectivity index (χ3v) is 10.4. The Labute approximate surface area is 242 Å². The summed E-state index contributed by atoms with van der Waals surface area (Å²) in [6, 6.07) is 16.1. The van der Waals surface area contributed by atoms with Crippen molar-refractivity contribution in [2.24, 2.45) is 35.0 Å². The zero-order valence-electron chi connectivity index (χ0n) is 25.5. The molecule has 2 aliphatic carbocycles. The van der Waals surface area contributed by atoms with Crippen molar-refractivity contribution in [2.45, 2.75) is 105 Å². The second kappa shape index (κ2) is 13.4. The van der Waals surface area contributed by atoms with Gasteiger partial charge in [-0.2, -0.15) is 0 Å². The van der Waals surface area contributed by atoms with Crippen molar-refractivity contribution in [1.29, 1.82) is 0 Å². The van der Waals surface area contributed by atoms with Gasteiger partial charge in [0.05, 0.1) is 0 Å². The highest BCUT2D eigenvalue weighted by molar-refractivity contribution is 5.98. The fourth-order valence-electron chi connectivity index (χ4n) is 7.65. The van der Waals surface area contributed by atoms with E-state index >= 15 is 0 Å². The molecule has 40 heavy (non-hydrogen) atoms. The first kappa shape index (κ1) is 30.4. The first-order valence-corrected chi connectivity index (χ1v) is 15.8. The summed E-state index contributed by atoms with van der Waals surface area (Å²) in [6.07, 6.45) is 10.6. The molecular weight excluding hydrogens is 492 g/mol. The number of carbonyl (C=O) groups excluding carboxylic acids is 3. The Balaban J connectivity index is 1.56. The Morgan fingerprint density at radius 3 is 2.23 bits per heavy atom. The lowest BCUT2D eigenvalue weighted by atomic mass is 9.69. The van der Waals surface area contributed by atoms with Crippen molar-refractivity contribution in [3.8, 4) is 0 Å². The van der Waals surface area contributed by atoms with Gasteiger partial charge in [0.25, 0.3) is 0 Å². The molecule has 2 aromatic carbocycles. The van der Waals surface area contributed by atoms with E-state index in [4.69, 9.17) is 0 Å². The van der Waals surface area contributed by atoms with E-state index in [-0.39, 0.29) is 40.7 Å². The molecule has 4 rings (SSSR count). The third-order valence-electron chi connectivity index (χ3n) is 10.4. The third kappa shape index (κ3) is 7.20. The predicted molar refractivity (Wildman–Crippen MR) is 163 cm³/mol. The highest BCUT2D eigenvalue weighted by Gasteiger charge is 2.50. The summed E-state index contributed by atoms with van der Waals surface area (Å²) in [7, 11) is 0. The Kier molecular flexibility index (Phi) is 10.2. The number of aryl methyl sites for hydroxylation is 1. The van der Waals surface area contributed by atoms with Crippen LogP contribution in [0.1, 0.15) is 112 Å².